The van der Waals surface area contributed by atoms with Crippen molar-refractivity contribution in [2.45, 2.75) is 25.9 Å². The summed E-state index contributed by atoms with van der Waals surface area (Å²) in [5, 5.41) is 1.04. The smallest absolute Gasteiger partial charge is 0.140 e. The molecule has 0 bridgehead atoms. The summed E-state index contributed by atoms with van der Waals surface area (Å²) < 4.78 is 12.9. The van der Waals surface area contributed by atoms with Crippen molar-refractivity contribution in [2.75, 3.05) is 0 Å². The fraction of sp³-hybridized carbons (Fsp3) is 0.385. The van der Waals surface area contributed by atoms with Crippen molar-refractivity contribution in [2.24, 2.45) is 5.41 Å². The van der Waals surface area contributed by atoms with Crippen LogP contribution in [0.1, 0.15) is 20.3 Å². The van der Waals surface area contributed by atoms with Gasteiger partial charge in [0.15, 0.2) is 0 Å². The van der Waals surface area contributed by atoms with Gasteiger partial charge in [0.2, 0.25) is 0 Å². The second-order valence-electron chi connectivity index (χ2n) is 4.99. The van der Waals surface area contributed by atoms with Gasteiger partial charge in [-0.3, -0.25) is 0 Å². The van der Waals surface area contributed by atoms with Crippen molar-refractivity contribution in [3.8, 4) is 0 Å². The average Bonchev–Trinajstić information content (AvgIpc) is 2.89. The number of fused-ring (bicyclic) bond motifs is 1. The summed E-state index contributed by atoms with van der Waals surface area (Å²) in [6.07, 6.45) is 1.11. The van der Waals surface area contributed by atoms with Crippen LogP contribution in [0.15, 0.2) is 41.7 Å². The van der Waals surface area contributed by atoms with Crippen LogP contribution in [0.4, 0.5) is 0 Å². The molecule has 1 aliphatic carbocycles. The van der Waals surface area contributed by atoms with E-state index >= 15 is 0 Å². The fourth-order valence-corrected chi connectivity index (χ4v) is 6.66. The molecule has 0 aromatic heterocycles. The molecule has 0 radical (unpaired) electrons. The van der Waals surface area contributed by atoms with E-state index in [1.54, 1.807) is 0 Å². The van der Waals surface area contributed by atoms with Gasteiger partial charge in [-0.25, -0.2) is 0 Å². The number of hydrogen-bond acceptors (Lipinski definition) is 1. The van der Waals surface area contributed by atoms with E-state index in [4.69, 9.17) is 0 Å². The number of benzene rings is 1. The maximum Gasteiger partial charge on any atom is 0.140 e. The van der Waals surface area contributed by atoms with Gasteiger partial charge in [0, 0.05) is 11.0 Å². The summed E-state index contributed by atoms with van der Waals surface area (Å²) in [7, 11) is -2.22. The van der Waals surface area contributed by atoms with Crippen molar-refractivity contribution >= 4 is 12.4 Å². The normalized spacial score (nSPS) is 42.3. The maximum atomic E-state index is 12.9. The van der Waals surface area contributed by atoms with Gasteiger partial charge in [-0.2, -0.15) is 0 Å². The Morgan fingerprint density at radius 2 is 2.00 bits per heavy atom. The molecule has 78 valence electrons. The van der Waals surface area contributed by atoms with Crippen molar-refractivity contribution in [1.82, 2.24) is 0 Å². The Morgan fingerprint density at radius 3 is 2.47 bits per heavy atom. The zero-order valence-electron chi connectivity index (χ0n) is 9.10. The molecular weight excluding hydrogens is 203 g/mol. The molecule has 2 aliphatic rings. The highest BCUT2D eigenvalue weighted by atomic mass is 31.2. The molecule has 0 amide bonds. The van der Waals surface area contributed by atoms with Crippen LogP contribution in [0.3, 0.4) is 0 Å². The predicted molar refractivity (Wildman–Crippen MR) is 64.0 cm³/mol. The Morgan fingerprint density at radius 1 is 1.33 bits per heavy atom. The molecule has 2 heteroatoms. The van der Waals surface area contributed by atoms with E-state index in [1.807, 2.05) is 30.3 Å². The highest BCUT2D eigenvalue weighted by molar-refractivity contribution is 7.76. The monoisotopic (exact) mass is 218 g/mol. The quantitative estimate of drug-likeness (QED) is 0.660. The zero-order chi connectivity index (χ0) is 10.7. The highest BCUT2D eigenvalue weighted by Crippen LogP contribution is 2.77. The molecule has 1 aliphatic heterocycles. The van der Waals surface area contributed by atoms with E-state index < -0.39 is 7.14 Å². The van der Waals surface area contributed by atoms with Crippen LogP contribution in [0, 0.1) is 5.41 Å². The maximum absolute atomic E-state index is 12.9. The third-order valence-corrected chi connectivity index (χ3v) is 7.66. The lowest BCUT2D eigenvalue weighted by Gasteiger charge is -2.11. The van der Waals surface area contributed by atoms with Gasteiger partial charge in [0.25, 0.3) is 0 Å². The standard InChI is InChI=1S/C13H15OP/c1-10-9-15(14,12-8-13(10,12)2)11-6-4-3-5-7-11/h3-7,9,12H,8H2,1-2H3/t12-,13-,15+/m1/s1. The Labute approximate surface area is 90.6 Å². The molecule has 1 aromatic rings. The summed E-state index contributed by atoms with van der Waals surface area (Å²) in [4.78, 5) is 0. The number of allylic oxidation sites excluding steroid dienone is 1. The fourth-order valence-electron chi connectivity index (χ4n) is 2.77. The first-order valence-electron chi connectivity index (χ1n) is 5.42. The lowest BCUT2D eigenvalue weighted by molar-refractivity contribution is 0.584. The molecule has 3 rings (SSSR count). The number of hydrogen-bond donors (Lipinski definition) is 0. The van der Waals surface area contributed by atoms with Gasteiger partial charge in [0.05, 0.1) is 0 Å². The molecule has 1 saturated carbocycles. The first-order valence-corrected chi connectivity index (χ1v) is 7.27. The van der Waals surface area contributed by atoms with E-state index in [0.717, 1.165) is 11.7 Å². The molecule has 0 N–H and O–H groups in total. The minimum absolute atomic E-state index is 0.255. The summed E-state index contributed by atoms with van der Waals surface area (Å²) in [5.41, 5.74) is 1.98. The Balaban J connectivity index is 2.13. The van der Waals surface area contributed by atoms with Gasteiger partial charge in [0.1, 0.15) is 7.14 Å². The number of rotatable bonds is 1. The Bertz CT molecular complexity index is 489. The lowest BCUT2D eigenvalue weighted by Crippen LogP contribution is -2.05. The van der Waals surface area contributed by atoms with Gasteiger partial charge in [-0.1, -0.05) is 42.8 Å². The largest absolute Gasteiger partial charge is 0.314 e. The SMILES string of the molecule is CC1=C[P@](=O)(c2ccccc2)[C@@H]2C[C@]12C. The van der Waals surface area contributed by atoms with E-state index in [9.17, 15) is 4.57 Å². The minimum Gasteiger partial charge on any atom is -0.314 e. The van der Waals surface area contributed by atoms with Crippen molar-refractivity contribution in [3.63, 3.8) is 0 Å². The Kier molecular flexibility index (Phi) is 1.66. The van der Waals surface area contributed by atoms with E-state index in [1.165, 1.54) is 5.57 Å². The molecule has 1 fully saturated rings. The van der Waals surface area contributed by atoms with Crippen LogP contribution < -0.4 is 5.30 Å². The van der Waals surface area contributed by atoms with Crippen molar-refractivity contribution in [3.05, 3.63) is 41.7 Å². The second-order valence-corrected chi connectivity index (χ2v) is 7.81. The molecule has 0 saturated heterocycles. The molecule has 0 unspecified atom stereocenters. The summed E-state index contributed by atoms with van der Waals surface area (Å²) >= 11 is 0. The van der Waals surface area contributed by atoms with E-state index in [0.29, 0.717) is 5.66 Å². The third kappa shape index (κ3) is 1.08. The Hall–Kier alpha value is -0.810. The van der Waals surface area contributed by atoms with Gasteiger partial charge in [-0.05, 0) is 24.6 Å². The minimum atomic E-state index is -2.22. The van der Waals surface area contributed by atoms with Crippen LogP contribution in [0.2, 0.25) is 0 Å². The first kappa shape index (κ1) is 9.42. The van der Waals surface area contributed by atoms with Crippen molar-refractivity contribution < 1.29 is 4.57 Å². The molecule has 1 aromatic carbocycles. The van der Waals surface area contributed by atoms with E-state index in [-0.39, 0.29) is 5.41 Å². The molecule has 1 heterocycles. The summed E-state index contributed by atoms with van der Waals surface area (Å²) in [5.74, 6) is 2.05. The lowest BCUT2D eigenvalue weighted by atomic mass is 10.0. The van der Waals surface area contributed by atoms with Crippen LogP contribution in [0.25, 0.3) is 0 Å². The highest BCUT2D eigenvalue weighted by Gasteiger charge is 2.64. The van der Waals surface area contributed by atoms with Crippen LogP contribution in [-0.2, 0) is 4.57 Å². The molecular formula is C13H15OP. The molecule has 0 spiro atoms. The average molecular weight is 218 g/mol. The van der Waals surface area contributed by atoms with Crippen molar-refractivity contribution in [1.29, 1.82) is 0 Å². The van der Waals surface area contributed by atoms with Gasteiger partial charge >= 0.3 is 0 Å². The van der Waals surface area contributed by atoms with Crippen LogP contribution in [0.5, 0.6) is 0 Å². The van der Waals surface area contributed by atoms with Gasteiger partial charge < -0.3 is 4.57 Å². The molecule has 15 heavy (non-hydrogen) atoms. The first-order chi connectivity index (χ1) is 7.07. The van der Waals surface area contributed by atoms with Gasteiger partial charge in [-0.15, -0.1) is 0 Å². The molecule has 3 atom stereocenters. The molecule has 1 nitrogen and oxygen atoms in total. The van der Waals surface area contributed by atoms with Crippen LogP contribution >= 0.6 is 7.14 Å². The third-order valence-electron chi connectivity index (χ3n) is 4.10. The van der Waals surface area contributed by atoms with Crippen LogP contribution in [-0.4, -0.2) is 5.66 Å². The summed E-state index contributed by atoms with van der Waals surface area (Å²) in [6, 6.07) is 9.96. The van der Waals surface area contributed by atoms with E-state index in [2.05, 4.69) is 19.7 Å². The predicted octanol–water partition coefficient (Wildman–Crippen LogP) is 3.37. The topological polar surface area (TPSA) is 17.1 Å². The summed E-state index contributed by atoms with van der Waals surface area (Å²) in [6.45, 7) is 4.37. The second kappa shape index (κ2) is 2.65. The zero-order valence-corrected chi connectivity index (χ0v) is 10.00.